The molecule has 0 atom stereocenters. The van der Waals surface area contributed by atoms with Crippen LogP contribution in [0.5, 0.6) is 0 Å². The Morgan fingerprint density at radius 2 is 1.67 bits per heavy atom. The highest BCUT2D eigenvalue weighted by atomic mass is 15.0. The third-order valence-electron chi connectivity index (χ3n) is 5.96. The number of fused-ring (bicyclic) bond motifs is 2. The van der Waals surface area contributed by atoms with Crippen molar-refractivity contribution in [3.05, 3.63) is 90.8 Å². The van der Waals surface area contributed by atoms with Crippen molar-refractivity contribution < 1.29 is 0 Å². The summed E-state index contributed by atoms with van der Waals surface area (Å²) in [5, 5.41) is 17.9. The fraction of sp³-hybridized carbons (Fsp3) is 0.0370. The number of nitrogens with zero attached hydrogens (tertiary/aromatic N) is 6. The molecule has 0 aliphatic carbocycles. The molecule has 9 heteroatoms. The van der Waals surface area contributed by atoms with E-state index in [4.69, 9.17) is 5.26 Å². The van der Waals surface area contributed by atoms with Crippen molar-refractivity contribution in [1.82, 2.24) is 29.9 Å². The number of imidazole rings is 1. The monoisotopic (exact) mass is 469 g/mol. The van der Waals surface area contributed by atoms with Crippen LogP contribution in [0.4, 0.5) is 23.0 Å². The zero-order valence-corrected chi connectivity index (χ0v) is 19.2. The Morgan fingerprint density at radius 1 is 0.806 bits per heavy atom. The fourth-order valence-corrected chi connectivity index (χ4v) is 4.18. The van der Waals surface area contributed by atoms with Crippen molar-refractivity contribution in [2.24, 2.45) is 0 Å². The number of aryl methyl sites for hydroxylation is 1. The number of nitriles is 1. The quantitative estimate of drug-likeness (QED) is 0.296. The lowest BCUT2D eigenvalue weighted by Gasteiger charge is -2.17. The number of anilines is 4. The van der Waals surface area contributed by atoms with E-state index in [0.29, 0.717) is 17.0 Å². The summed E-state index contributed by atoms with van der Waals surface area (Å²) in [6, 6.07) is 19.3. The van der Waals surface area contributed by atoms with Crippen molar-refractivity contribution in [1.29, 1.82) is 5.26 Å². The number of hydrogen-bond acceptors (Lipinski definition) is 8. The van der Waals surface area contributed by atoms with E-state index in [-0.39, 0.29) is 0 Å². The molecule has 0 unspecified atom stereocenters. The van der Waals surface area contributed by atoms with Gasteiger partial charge in [0.2, 0.25) is 0 Å². The Kier molecular flexibility index (Phi) is 5.16. The maximum Gasteiger partial charge on any atom is 0.181 e. The standard InChI is InChI=1S/C27H19N9/c1-16-4-9-20-19(10-12-30-25(20)35-18-7-5-17(13-28)6-8-18)22(16)36-26-21(3-2-11-29-26)23-24-27(33-14-31-23)34-15-32-24/h2-12,14-15H,1H3,(H,29,36)(H,30,35)(H,31,32,33,34). The van der Waals surface area contributed by atoms with E-state index in [1.165, 1.54) is 6.33 Å². The van der Waals surface area contributed by atoms with Gasteiger partial charge in [0.25, 0.3) is 0 Å². The van der Waals surface area contributed by atoms with Crippen LogP contribution in [0.3, 0.4) is 0 Å². The molecule has 3 N–H and O–H groups in total. The van der Waals surface area contributed by atoms with Gasteiger partial charge in [-0.1, -0.05) is 12.1 Å². The molecule has 36 heavy (non-hydrogen) atoms. The summed E-state index contributed by atoms with van der Waals surface area (Å²) in [5.74, 6) is 1.39. The molecule has 4 aromatic heterocycles. The highest BCUT2D eigenvalue weighted by Crippen LogP contribution is 2.36. The van der Waals surface area contributed by atoms with Crippen LogP contribution >= 0.6 is 0 Å². The van der Waals surface area contributed by atoms with Crippen LogP contribution in [0, 0.1) is 18.3 Å². The average molecular weight is 470 g/mol. The van der Waals surface area contributed by atoms with Gasteiger partial charge in [0.1, 0.15) is 29.2 Å². The zero-order valence-electron chi connectivity index (χ0n) is 19.2. The summed E-state index contributed by atoms with van der Waals surface area (Å²) in [7, 11) is 0. The summed E-state index contributed by atoms with van der Waals surface area (Å²) < 4.78 is 0. The van der Waals surface area contributed by atoms with Gasteiger partial charge >= 0.3 is 0 Å². The molecule has 0 radical (unpaired) electrons. The summed E-state index contributed by atoms with van der Waals surface area (Å²) >= 11 is 0. The van der Waals surface area contributed by atoms with Crippen molar-refractivity contribution >= 4 is 44.9 Å². The molecule has 9 nitrogen and oxygen atoms in total. The molecule has 0 saturated heterocycles. The molecule has 0 aliphatic rings. The Hall–Kier alpha value is -5.36. The van der Waals surface area contributed by atoms with Crippen molar-refractivity contribution in [3.63, 3.8) is 0 Å². The van der Waals surface area contributed by atoms with Gasteiger partial charge in [-0.15, -0.1) is 0 Å². The molecule has 6 aromatic rings. The number of nitrogens with one attached hydrogen (secondary N) is 3. The van der Waals surface area contributed by atoms with Crippen molar-refractivity contribution in [3.8, 4) is 17.3 Å². The SMILES string of the molecule is Cc1ccc2c(Nc3ccc(C#N)cc3)nccc2c1Nc1ncccc1-c1ncnc2nc[nH]c12. The minimum absolute atomic E-state index is 0.598. The second-order valence-corrected chi connectivity index (χ2v) is 8.17. The van der Waals surface area contributed by atoms with E-state index in [1.807, 2.05) is 36.4 Å². The van der Waals surface area contributed by atoms with Crippen LogP contribution in [0.15, 0.2) is 79.6 Å². The Labute approximate surface area is 205 Å². The van der Waals surface area contributed by atoms with E-state index in [0.717, 1.165) is 50.3 Å². The minimum Gasteiger partial charge on any atom is -0.341 e. The predicted octanol–water partition coefficient (Wildman–Crippen LogP) is 5.63. The van der Waals surface area contributed by atoms with Gasteiger partial charge in [-0.05, 0) is 55.0 Å². The van der Waals surface area contributed by atoms with Gasteiger partial charge in [0.15, 0.2) is 5.65 Å². The van der Waals surface area contributed by atoms with Crippen LogP contribution in [0.2, 0.25) is 0 Å². The number of aromatic amines is 1. The van der Waals surface area contributed by atoms with E-state index in [9.17, 15) is 0 Å². The molecular weight excluding hydrogens is 450 g/mol. The first-order chi connectivity index (χ1) is 17.7. The highest BCUT2D eigenvalue weighted by molar-refractivity contribution is 6.03. The number of aromatic nitrogens is 6. The maximum absolute atomic E-state index is 9.06. The molecule has 0 fully saturated rings. The third kappa shape index (κ3) is 3.73. The second kappa shape index (κ2) is 8.77. The van der Waals surface area contributed by atoms with E-state index < -0.39 is 0 Å². The minimum atomic E-state index is 0.598. The Balaban J connectivity index is 1.43. The number of hydrogen-bond donors (Lipinski definition) is 3. The Bertz CT molecular complexity index is 1770. The van der Waals surface area contributed by atoms with Gasteiger partial charge in [0.05, 0.1) is 23.6 Å². The number of benzene rings is 2. The maximum atomic E-state index is 9.06. The van der Waals surface area contributed by atoms with Gasteiger partial charge in [-0.3, -0.25) is 0 Å². The topological polar surface area (TPSA) is 128 Å². The molecule has 0 amide bonds. The van der Waals surface area contributed by atoms with Crippen LogP contribution in [-0.4, -0.2) is 29.9 Å². The van der Waals surface area contributed by atoms with Crippen molar-refractivity contribution in [2.45, 2.75) is 6.92 Å². The summed E-state index contributed by atoms with van der Waals surface area (Å²) in [6.07, 6.45) is 6.63. The molecule has 6 rings (SSSR count). The van der Waals surface area contributed by atoms with E-state index in [2.05, 4.69) is 59.6 Å². The average Bonchev–Trinajstić information content (AvgIpc) is 3.40. The zero-order chi connectivity index (χ0) is 24.5. The molecule has 0 aliphatic heterocycles. The highest BCUT2D eigenvalue weighted by Gasteiger charge is 2.16. The number of H-pyrrole nitrogens is 1. The third-order valence-corrected chi connectivity index (χ3v) is 5.96. The van der Waals surface area contributed by atoms with Crippen LogP contribution in [0.25, 0.3) is 33.2 Å². The van der Waals surface area contributed by atoms with E-state index in [1.54, 1.807) is 30.9 Å². The molecule has 0 spiro atoms. The predicted molar refractivity (Wildman–Crippen MR) is 139 cm³/mol. The molecular formula is C27H19N9. The molecule has 172 valence electrons. The number of pyridine rings is 2. The van der Waals surface area contributed by atoms with E-state index >= 15 is 0 Å². The lowest BCUT2D eigenvalue weighted by Crippen LogP contribution is -2.02. The van der Waals surface area contributed by atoms with Gasteiger partial charge in [-0.2, -0.15) is 5.26 Å². The normalized spacial score (nSPS) is 10.9. The van der Waals surface area contributed by atoms with Crippen LogP contribution in [-0.2, 0) is 0 Å². The van der Waals surface area contributed by atoms with Crippen LogP contribution < -0.4 is 10.6 Å². The summed E-state index contributed by atoms with van der Waals surface area (Å²) in [5.41, 5.74) is 6.34. The molecule has 2 aromatic carbocycles. The Morgan fingerprint density at radius 3 is 2.53 bits per heavy atom. The van der Waals surface area contributed by atoms with Crippen LogP contribution in [0.1, 0.15) is 11.1 Å². The largest absolute Gasteiger partial charge is 0.341 e. The first-order valence-corrected chi connectivity index (χ1v) is 11.2. The first kappa shape index (κ1) is 21.2. The fourth-order valence-electron chi connectivity index (χ4n) is 4.18. The molecule has 4 heterocycles. The van der Waals surface area contributed by atoms with Crippen molar-refractivity contribution in [2.75, 3.05) is 10.6 Å². The lowest BCUT2D eigenvalue weighted by atomic mass is 10.0. The number of rotatable bonds is 5. The smallest absolute Gasteiger partial charge is 0.181 e. The first-order valence-electron chi connectivity index (χ1n) is 11.2. The molecule has 0 saturated carbocycles. The lowest BCUT2D eigenvalue weighted by molar-refractivity contribution is 1.19. The summed E-state index contributed by atoms with van der Waals surface area (Å²) in [6.45, 7) is 2.05. The van der Waals surface area contributed by atoms with Gasteiger partial charge in [0, 0.05) is 34.4 Å². The second-order valence-electron chi connectivity index (χ2n) is 8.17. The van der Waals surface area contributed by atoms with Gasteiger partial charge in [-0.25, -0.2) is 24.9 Å². The summed E-state index contributed by atoms with van der Waals surface area (Å²) in [4.78, 5) is 25.3. The molecule has 0 bridgehead atoms. The van der Waals surface area contributed by atoms with Gasteiger partial charge < -0.3 is 15.6 Å².